The maximum absolute atomic E-state index is 14.1. The zero-order chi connectivity index (χ0) is 33.7. The van der Waals surface area contributed by atoms with E-state index in [2.05, 4.69) is 17.2 Å². The van der Waals surface area contributed by atoms with Crippen molar-refractivity contribution in [3.05, 3.63) is 35.4 Å². The lowest BCUT2D eigenvalue weighted by Gasteiger charge is -2.21. The van der Waals surface area contributed by atoms with Crippen molar-refractivity contribution in [2.75, 3.05) is 70.9 Å². The van der Waals surface area contributed by atoms with Gasteiger partial charge in [-0.05, 0) is 57.1 Å². The van der Waals surface area contributed by atoms with Crippen LogP contribution in [0, 0.1) is 0 Å². The summed E-state index contributed by atoms with van der Waals surface area (Å²) in [6.07, 6.45) is 10.9. The highest BCUT2D eigenvalue weighted by Crippen LogP contribution is 2.48. The van der Waals surface area contributed by atoms with E-state index in [-0.39, 0.29) is 23.9 Å². The van der Waals surface area contributed by atoms with Gasteiger partial charge in [0.2, 0.25) is 0 Å². The predicted octanol–water partition coefficient (Wildman–Crippen LogP) is 6.46. The number of rotatable bonds is 15. The minimum atomic E-state index is -2.46. The van der Waals surface area contributed by atoms with Crippen LogP contribution in [-0.2, 0) is 4.57 Å². The minimum Gasteiger partial charge on any atom is -0.493 e. The Labute approximate surface area is 283 Å². The van der Waals surface area contributed by atoms with Gasteiger partial charge in [-0.1, -0.05) is 13.3 Å². The first-order valence-electron chi connectivity index (χ1n) is 17.5. The normalized spacial score (nSPS) is 20.9. The van der Waals surface area contributed by atoms with E-state index in [1.807, 2.05) is 22.1 Å². The first kappa shape index (κ1) is 34.2. The van der Waals surface area contributed by atoms with Gasteiger partial charge in [-0.2, -0.15) is 0 Å². The number of nitrogens with zero attached hydrogens (tertiary/aromatic N) is 3. The average Bonchev–Trinajstić information content (AvgIpc) is 3.73. The molecule has 1 N–H and O–H groups in total. The molecule has 3 atom stereocenters. The number of ether oxygens (including phenoxy) is 4. The van der Waals surface area contributed by atoms with Crippen LogP contribution in [0.3, 0.4) is 0 Å². The number of unbranched alkanes of at least 4 members (excludes halogenated alkanes) is 1. The summed E-state index contributed by atoms with van der Waals surface area (Å²) in [5, 5.41) is 3.45. The van der Waals surface area contributed by atoms with E-state index in [9.17, 15) is 14.2 Å². The largest absolute Gasteiger partial charge is 0.493 e. The zero-order valence-corrected chi connectivity index (χ0v) is 29.4. The number of benzene rings is 2. The summed E-state index contributed by atoms with van der Waals surface area (Å²) >= 11 is 0. The lowest BCUT2D eigenvalue weighted by atomic mass is 10.1. The summed E-state index contributed by atoms with van der Waals surface area (Å²) in [5.74, 6) is 2.14. The highest BCUT2D eigenvalue weighted by atomic mass is 31.2. The second-order valence-electron chi connectivity index (χ2n) is 13.2. The van der Waals surface area contributed by atoms with Crippen LogP contribution >= 0.6 is 7.14 Å². The number of hydrogen-bond donors (Lipinski definition) is 1. The Morgan fingerprint density at radius 2 is 1.44 bits per heavy atom. The monoisotopic (exact) mass is 680 g/mol. The number of carbonyl (C=O) groups excluding carboxylic acids is 2. The minimum absolute atomic E-state index is 0.0248. The Morgan fingerprint density at radius 3 is 2.15 bits per heavy atom. The van der Waals surface area contributed by atoms with Crippen molar-refractivity contribution in [2.45, 2.75) is 70.4 Å². The van der Waals surface area contributed by atoms with Gasteiger partial charge in [0, 0.05) is 62.5 Å². The quantitative estimate of drug-likeness (QED) is 0.168. The average molecular weight is 681 g/mol. The van der Waals surface area contributed by atoms with Crippen LogP contribution in [0.5, 0.6) is 23.0 Å². The predicted molar refractivity (Wildman–Crippen MR) is 188 cm³/mol. The Kier molecular flexibility index (Phi) is 10.8. The highest BCUT2D eigenvalue weighted by molar-refractivity contribution is 7.63. The Hall–Kier alpha value is -3.72. The summed E-state index contributed by atoms with van der Waals surface area (Å²) in [6.45, 7) is 5.14. The van der Waals surface area contributed by atoms with Gasteiger partial charge < -0.3 is 38.6 Å². The fourth-order valence-corrected chi connectivity index (χ4v) is 10.3. The van der Waals surface area contributed by atoms with E-state index < -0.39 is 7.14 Å². The molecule has 0 saturated carbocycles. The molecule has 11 nitrogen and oxygen atoms in total. The van der Waals surface area contributed by atoms with Crippen molar-refractivity contribution in [2.24, 2.45) is 4.99 Å². The molecule has 12 heteroatoms. The maximum atomic E-state index is 14.1. The molecule has 48 heavy (non-hydrogen) atoms. The van der Waals surface area contributed by atoms with E-state index >= 15 is 0 Å². The van der Waals surface area contributed by atoms with Crippen molar-refractivity contribution in [1.29, 1.82) is 0 Å². The fraction of sp³-hybridized carbons (Fsp3) is 0.583. The molecule has 260 valence electrons. The molecule has 0 aliphatic carbocycles. The van der Waals surface area contributed by atoms with Crippen molar-refractivity contribution in [3.8, 4) is 23.0 Å². The summed E-state index contributed by atoms with van der Waals surface area (Å²) in [6, 6.07) is 7.40. The first-order valence-corrected chi connectivity index (χ1v) is 19.8. The number of fused-ring (bicyclic) bond motifs is 4. The Balaban J connectivity index is 1.04. The molecule has 0 aromatic heterocycles. The van der Waals surface area contributed by atoms with Crippen LogP contribution < -0.4 is 24.3 Å². The third-order valence-corrected chi connectivity index (χ3v) is 13.4. The molecular formula is C36H49N4O7P. The number of methoxy groups -OCH3 is 2. The number of nitrogens with one attached hydrogen (secondary N) is 1. The number of aliphatic imine (C=N–C) groups is 1. The lowest BCUT2D eigenvalue weighted by Crippen LogP contribution is -2.36. The van der Waals surface area contributed by atoms with Crippen LogP contribution in [0.25, 0.3) is 0 Å². The third kappa shape index (κ3) is 7.31. The van der Waals surface area contributed by atoms with Gasteiger partial charge in [0.25, 0.3) is 11.8 Å². The molecule has 1 unspecified atom stereocenters. The summed E-state index contributed by atoms with van der Waals surface area (Å²) < 4.78 is 37.6. The molecule has 2 aromatic carbocycles. The van der Waals surface area contributed by atoms with Gasteiger partial charge in [0.15, 0.2) is 23.0 Å². The van der Waals surface area contributed by atoms with Gasteiger partial charge in [-0.25, -0.2) is 0 Å². The molecule has 4 aliphatic rings. The molecular weight excluding hydrogens is 631 g/mol. The molecule has 2 amide bonds. The molecule has 0 radical (unpaired) electrons. The molecule has 6 rings (SSSR count). The maximum Gasteiger partial charge on any atom is 0.256 e. The smallest absolute Gasteiger partial charge is 0.256 e. The molecule has 0 bridgehead atoms. The second-order valence-corrected chi connectivity index (χ2v) is 16.7. The Morgan fingerprint density at radius 1 is 0.812 bits per heavy atom. The van der Waals surface area contributed by atoms with Crippen LogP contribution in [0.2, 0.25) is 0 Å². The fourth-order valence-electron chi connectivity index (χ4n) is 7.32. The van der Waals surface area contributed by atoms with Crippen molar-refractivity contribution in [1.82, 2.24) is 9.80 Å². The topological polar surface area (TPSA) is 119 Å². The molecule has 2 saturated heterocycles. The second kappa shape index (κ2) is 15.2. The highest BCUT2D eigenvalue weighted by Gasteiger charge is 2.35. The van der Waals surface area contributed by atoms with Gasteiger partial charge in [-0.15, -0.1) is 0 Å². The number of amides is 2. The Bertz CT molecular complexity index is 1580. The van der Waals surface area contributed by atoms with Gasteiger partial charge in [0.1, 0.15) is 0 Å². The van der Waals surface area contributed by atoms with Crippen molar-refractivity contribution >= 4 is 36.5 Å². The zero-order valence-electron chi connectivity index (χ0n) is 28.5. The summed E-state index contributed by atoms with van der Waals surface area (Å²) in [4.78, 5) is 34.9. The van der Waals surface area contributed by atoms with Gasteiger partial charge in [0.05, 0.1) is 63.1 Å². The van der Waals surface area contributed by atoms with Crippen LogP contribution in [0.1, 0.15) is 79.0 Å². The van der Waals surface area contributed by atoms with E-state index in [1.165, 1.54) is 0 Å². The van der Waals surface area contributed by atoms with Crippen LogP contribution in [-0.4, -0.2) is 105 Å². The van der Waals surface area contributed by atoms with Crippen LogP contribution in [0.15, 0.2) is 29.3 Å². The molecule has 4 heterocycles. The van der Waals surface area contributed by atoms with Crippen molar-refractivity contribution in [3.63, 3.8) is 0 Å². The third-order valence-electron chi connectivity index (χ3n) is 10.0. The van der Waals surface area contributed by atoms with Crippen LogP contribution in [0.4, 0.5) is 11.4 Å². The molecule has 2 fully saturated rings. The molecule has 4 aliphatic heterocycles. The summed E-state index contributed by atoms with van der Waals surface area (Å²) in [5.41, 5.74) is 2.50. The first-order chi connectivity index (χ1) is 23.3. The van der Waals surface area contributed by atoms with Gasteiger partial charge >= 0.3 is 0 Å². The van der Waals surface area contributed by atoms with E-state index in [1.54, 1.807) is 32.4 Å². The number of carbonyl (C=O) groups is 2. The van der Waals surface area contributed by atoms with E-state index in [0.717, 1.165) is 63.8 Å². The summed E-state index contributed by atoms with van der Waals surface area (Å²) in [7, 11) is 0.689. The van der Waals surface area contributed by atoms with E-state index in [4.69, 9.17) is 18.9 Å². The van der Waals surface area contributed by atoms with Crippen molar-refractivity contribution < 1.29 is 33.1 Å². The lowest BCUT2D eigenvalue weighted by molar-refractivity contribution is 0.0747. The van der Waals surface area contributed by atoms with Gasteiger partial charge in [-0.3, -0.25) is 14.6 Å². The SMILES string of the molecule is CCCCP(=O)(CCCOc1cc2c(cc1OC)C(=O)N1CCC[C@H]1C=N2)CCCOc1cc2c(cc1OC)C(=O)N1CCC[C@H]1CN2. The number of hydrogen-bond acceptors (Lipinski definition) is 9. The molecule has 0 spiro atoms. The standard InChI is InChI=1S/C36H49N4O7P/c1-4-5-16-48(43,17-8-14-46-33-21-29-27(19-31(33)44-2)35(41)39-12-6-10-25(39)23-37-29)18-9-15-47-34-22-30-28(20-32(34)45-3)36(42)40-13-7-11-26(40)24-38-30/h19-23,25-26,38H,4-18,24H2,1-3H3/t25-,26-,48?/m0/s1. The van der Waals surface area contributed by atoms with E-state index in [0.29, 0.717) is 84.4 Å². The number of anilines is 1. The molecule has 2 aromatic rings.